The Morgan fingerprint density at radius 2 is 2.53 bits per heavy atom. The monoisotopic (exact) mass is 253 g/mol. The summed E-state index contributed by atoms with van der Waals surface area (Å²) in [5.74, 6) is 0.474. The van der Waals surface area contributed by atoms with Crippen LogP contribution in [0.1, 0.15) is 44.7 Å². The van der Waals surface area contributed by atoms with Crippen LogP contribution in [0.25, 0.3) is 0 Å². The molecule has 1 unspecified atom stereocenters. The van der Waals surface area contributed by atoms with Gasteiger partial charge in [0.05, 0.1) is 5.69 Å². The maximum atomic E-state index is 11.8. The van der Waals surface area contributed by atoms with Crippen molar-refractivity contribution >= 4 is 22.4 Å². The third-order valence-electron chi connectivity index (χ3n) is 2.95. The molecule has 0 aromatic carbocycles. The number of rotatable bonds is 4. The molecule has 1 aromatic rings. The molecule has 0 bridgehead atoms. The zero-order chi connectivity index (χ0) is 12.3. The normalized spacial score (nSPS) is 19.8. The smallest absolute Gasteiger partial charge is 0.227 e. The molecule has 1 saturated heterocycles. The summed E-state index contributed by atoms with van der Waals surface area (Å²) in [6.45, 7) is 5.24. The van der Waals surface area contributed by atoms with E-state index in [1.54, 1.807) is 0 Å². The Morgan fingerprint density at radius 1 is 1.71 bits per heavy atom. The molecule has 1 amide bonds. The molecule has 0 radical (unpaired) electrons. The van der Waals surface area contributed by atoms with E-state index in [2.05, 4.69) is 29.5 Å². The van der Waals surface area contributed by atoms with Crippen LogP contribution in [0.2, 0.25) is 0 Å². The summed E-state index contributed by atoms with van der Waals surface area (Å²) in [6, 6.07) is 0.347. The Labute approximate surface area is 106 Å². The summed E-state index contributed by atoms with van der Waals surface area (Å²) in [5, 5.41) is 8.92. The van der Waals surface area contributed by atoms with Gasteiger partial charge in [-0.15, -0.1) is 11.3 Å². The van der Waals surface area contributed by atoms with Gasteiger partial charge in [0.25, 0.3) is 0 Å². The van der Waals surface area contributed by atoms with Crippen molar-refractivity contribution in [3.05, 3.63) is 11.1 Å². The van der Waals surface area contributed by atoms with Crippen LogP contribution in [0.3, 0.4) is 0 Å². The number of carbonyl (C=O) groups is 1. The van der Waals surface area contributed by atoms with E-state index in [1.165, 1.54) is 17.8 Å². The average molecular weight is 253 g/mol. The maximum absolute atomic E-state index is 11.8. The highest BCUT2D eigenvalue weighted by atomic mass is 32.1. The van der Waals surface area contributed by atoms with Crippen molar-refractivity contribution in [1.82, 2.24) is 10.3 Å². The maximum Gasteiger partial charge on any atom is 0.227 e. The first-order chi connectivity index (χ1) is 8.15. The molecule has 1 fully saturated rings. The lowest BCUT2D eigenvalue weighted by Gasteiger charge is -2.08. The van der Waals surface area contributed by atoms with Crippen LogP contribution in [0.5, 0.6) is 0 Å². The van der Waals surface area contributed by atoms with Crippen LogP contribution in [0, 0.1) is 0 Å². The molecule has 1 aliphatic heterocycles. The van der Waals surface area contributed by atoms with Gasteiger partial charge in [-0.25, -0.2) is 4.98 Å². The van der Waals surface area contributed by atoms with Gasteiger partial charge in [-0.2, -0.15) is 0 Å². The fourth-order valence-electron chi connectivity index (χ4n) is 1.93. The Balaban J connectivity index is 1.84. The van der Waals surface area contributed by atoms with Crippen molar-refractivity contribution in [1.29, 1.82) is 0 Å². The molecule has 1 aliphatic rings. The summed E-state index contributed by atoms with van der Waals surface area (Å²) < 4.78 is 0. The second-order valence-electron chi connectivity index (χ2n) is 4.78. The van der Waals surface area contributed by atoms with Crippen LogP contribution < -0.4 is 10.6 Å². The van der Waals surface area contributed by atoms with Gasteiger partial charge in [0.2, 0.25) is 5.91 Å². The van der Waals surface area contributed by atoms with Crippen molar-refractivity contribution < 1.29 is 4.79 Å². The Kier molecular flexibility index (Phi) is 4.12. The highest BCUT2D eigenvalue weighted by Crippen LogP contribution is 2.21. The third kappa shape index (κ3) is 3.51. The number of hydrogen-bond acceptors (Lipinski definition) is 4. The lowest BCUT2D eigenvalue weighted by atomic mass is 10.1. The van der Waals surface area contributed by atoms with Crippen LogP contribution in [-0.2, 0) is 4.79 Å². The molecule has 94 valence electrons. The number of carbonyl (C=O) groups excluding carboxylic acids is 1. The molecular formula is C12H19N3OS. The second kappa shape index (κ2) is 5.60. The Hall–Kier alpha value is -0.940. The summed E-state index contributed by atoms with van der Waals surface area (Å²) in [4.78, 5) is 16.2. The number of thiazole rings is 1. The van der Waals surface area contributed by atoms with Crippen molar-refractivity contribution in [3.8, 4) is 0 Å². The average Bonchev–Trinajstić information content (AvgIpc) is 2.88. The molecule has 2 heterocycles. The number of nitrogens with one attached hydrogen (secondary N) is 2. The Morgan fingerprint density at radius 3 is 3.12 bits per heavy atom. The quantitative estimate of drug-likeness (QED) is 0.866. The van der Waals surface area contributed by atoms with Gasteiger partial charge >= 0.3 is 0 Å². The fourth-order valence-corrected chi connectivity index (χ4v) is 2.82. The molecule has 0 saturated carbocycles. The summed E-state index contributed by atoms with van der Waals surface area (Å²) in [5.41, 5.74) is 1.05. The van der Waals surface area contributed by atoms with E-state index in [0.717, 1.165) is 23.8 Å². The molecule has 4 nitrogen and oxygen atoms in total. The van der Waals surface area contributed by atoms with Gasteiger partial charge in [-0.3, -0.25) is 4.79 Å². The van der Waals surface area contributed by atoms with Gasteiger partial charge in [-0.1, -0.05) is 13.8 Å². The van der Waals surface area contributed by atoms with E-state index < -0.39 is 0 Å². The molecule has 0 aliphatic carbocycles. The number of amides is 1. The predicted molar refractivity (Wildman–Crippen MR) is 70.5 cm³/mol. The van der Waals surface area contributed by atoms with Crippen molar-refractivity contribution in [2.75, 3.05) is 11.9 Å². The highest BCUT2D eigenvalue weighted by Gasteiger charge is 2.18. The first kappa shape index (κ1) is 12.5. The molecule has 17 heavy (non-hydrogen) atoms. The van der Waals surface area contributed by atoms with E-state index in [-0.39, 0.29) is 5.91 Å². The van der Waals surface area contributed by atoms with E-state index >= 15 is 0 Å². The minimum atomic E-state index is 0.0639. The molecular weight excluding hydrogens is 234 g/mol. The molecule has 2 N–H and O–H groups in total. The van der Waals surface area contributed by atoms with Crippen molar-refractivity contribution in [3.63, 3.8) is 0 Å². The van der Waals surface area contributed by atoms with Gasteiger partial charge in [0.1, 0.15) is 0 Å². The summed E-state index contributed by atoms with van der Waals surface area (Å²) in [6.07, 6.45) is 2.83. The predicted octanol–water partition coefficient (Wildman–Crippen LogP) is 2.35. The Bertz CT molecular complexity index is 383. The largest absolute Gasteiger partial charge is 0.313 e. The van der Waals surface area contributed by atoms with Crippen molar-refractivity contribution in [2.24, 2.45) is 0 Å². The molecule has 2 rings (SSSR count). The van der Waals surface area contributed by atoms with Gasteiger partial charge in [0, 0.05) is 17.8 Å². The number of aromatic nitrogens is 1. The van der Waals surface area contributed by atoms with Gasteiger partial charge in [0.15, 0.2) is 5.13 Å². The van der Waals surface area contributed by atoms with Crippen LogP contribution >= 0.6 is 11.3 Å². The van der Waals surface area contributed by atoms with Crippen LogP contribution in [-0.4, -0.2) is 23.5 Å². The van der Waals surface area contributed by atoms with Gasteiger partial charge < -0.3 is 10.6 Å². The minimum Gasteiger partial charge on any atom is -0.313 e. The van der Waals surface area contributed by atoms with E-state index in [0.29, 0.717) is 18.4 Å². The van der Waals surface area contributed by atoms with E-state index in [1.807, 2.05) is 5.38 Å². The topological polar surface area (TPSA) is 54.0 Å². The first-order valence-corrected chi connectivity index (χ1v) is 7.02. The zero-order valence-corrected chi connectivity index (χ0v) is 11.1. The summed E-state index contributed by atoms with van der Waals surface area (Å²) in [7, 11) is 0. The summed E-state index contributed by atoms with van der Waals surface area (Å²) >= 11 is 1.50. The standard InChI is InChI=1S/C12H19N3OS/c1-8(2)10-7-17-12(14-10)15-11(16)6-9-4-3-5-13-9/h7-9,13H,3-6H2,1-2H3,(H,14,15,16). The minimum absolute atomic E-state index is 0.0639. The van der Waals surface area contributed by atoms with Crippen LogP contribution in [0.4, 0.5) is 5.13 Å². The number of hydrogen-bond donors (Lipinski definition) is 2. The van der Waals surface area contributed by atoms with Crippen LogP contribution in [0.15, 0.2) is 5.38 Å². The van der Waals surface area contributed by atoms with Crippen molar-refractivity contribution in [2.45, 2.75) is 45.1 Å². The molecule has 1 atom stereocenters. The zero-order valence-electron chi connectivity index (χ0n) is 10.3. The third-order valence-corrected chi connectivity index (χ3v) is 3.73. The fraction of sp³-hybridized carbons (Fsp3) is 0.667. The lowest BCUT2D eigenvalue weighted by Crippen LogP contribution is -2.27. The molecule has 0 spiro atoms. The van der Waals surface area contributed by atoms with Gasteiger partial charge in [-0.05, 0) is 25.3 Å². The number of nitrogens with zero attached hydrogens (tertiary/aromatic N) is 1. The number of anilines is 1. The second-order valence-corrected chi connectivity index (χ2v) is 5.64. The first-order valence-electron chi connectivity index (χ1n) is 6.14. The van der Waals surface area contributed by atoms with E-state index in [9.17, 15) is 4.79 Å². The highest BCUT2D eigenvalue weighted by molar-refractivity contribution is 7.13. The molecule has 5 heteroatoms. The van der Waals surface area contributed by atoms with E-state index in [4.69, 9.17) is 0 Å². The lowest BCUT2D eigenvalue weighted by molar-refractivity contribution is -0.116. The molecule has 1 aromatic heterocycles. The SMILES string of the molecule is CC(C)c1csc(NC(=O)CC2CCCN2)n1.